The third-order valence-corrected chi connectivity index (χ3v) is 5.01. The van der Waals surface area contributed by atoms with Gasteiger partial charge in [-0.25, -0.2) is 5.43 Å². The minimum atomic E-state index is -0.235. The fourth-order valence-corrected chi connectivity index (χ4v) is 3.40. The van der Waals surface area contributed by atoms with Crippen molar-refractivity contribution in [2.24, 2.45) is 12.1 Å². The van der Waals surface area contributed by atoms with E-state index in [1.165, 1.54) is 0 Å². The molecule has 0 saturated heterocycles. The predicted molar refractivity (Wildman–Crippen MR) is 117 cm³/mol. The Morgan fingerprint density at radius 2 is 2.10 bits per heavy atom. The average molecular weight is 387 g/mol. The SMILES string of the molecule is CCN(CCC#N)c1ccc(/C=N\NC(=O)c2cn(C)c3ccccc23)c(C)c1. The Labute approximate surface area is 171 Å². The van der Waals surface area contributed by atoms with Crippen molar-refractivity contribution in [3.05, 3.63) is 65.4 Å². The molecule has 0 fully saturated rings. The van der Waals surface area contributed by atoms with Crippen LogP contribution in [0.15, 0.2) is 53.8 Å². The number of fused-ring (bicyclic) bond motifs is 1. The van der Waals surface area contributed by atoms with Crippen molar-refractivity contribution in [3.63, 3.8) is 0 Å². The fourth-order valence-electron chi connectivity index (χ4n) is 3.40. The molecular weight excluding hydrogens is 362 g/mol. The van der Waals surface area contributed by atoms with Crippen LogP contribution in [0, 0.1) is 18.3 Å². The molecule has 0 spiro atoms. The van der Waals surface area contributed by atoms with Gasteiger partial charge in [-0.3, -0.25) is 4.79 Å². The van der Waals surface area contributed by atoms with Crippen LogP contribution in [0.3, 0.4) is 0 Å². The lowest BCUT2D eigenvalue weighted by Gasteiger charge is -2.22. The van der Waals surface area contributed by atoms with Gasteiger partial charge in [0.15, 0.2) is 0 Å². The van der Waals surface area contributed by atoms with Crippen LogP contribution in [0.4, 0.5) is 5.69 Å². The number of carbonyl (C=O) groups excluding carboxylic acids is 1. The molecule has 0 radical (unpaired) electrons. The normalized spacial score (nSPS) is 11.0. The van der Waals surface area contributed by atoms with Crippen molar-refractivity contribution in [3.8, 4) is 6.07 Å². The maximum atomic E-state index is 12.6. The highest BCUT2D eigenvalue weighted by atomic mass is 16.2. The zero-order valence-corrected chi connectivity index (χ0v) is 17.0. The molecule has 1 N–H and O–H groups in total. The zero-order chi connectivity index (χ0) is 20.8. The van der Waals surface area contributed by atoms with Gasteiger partial charge < -0.3 is 9.47 Å². The van der Waals surface area contributed by atoms with Crippen LogP contribution >= 0.6 is 0 Å². The topological polar surface area (TPSA) is 73.4 Å². The molecule has 29 heavy (non-hydrogen) atoms. The Bertz CT molecular complexity index is 1090. The van der Waals surface area contributed by atoms with Gasteiger partial charge in [0.05, 0.1) is 24.3 Å². The van der Waals surface area contributed by atoms with Gasteiger partial charge in [0.2, 0.25) is 0 Å². The minimum Gasteiger partial charge on any atom is -0.371 e. The van der Waals surface area contributed by atoms with Crippen molar-refractivity contribution in [2.75, 3.05) is 18.0 Å². The molecule has 148 valence electrons. The third kappa shape index (κ3) is 4.46. The Kier molecular flexibility index (Phi) is 6.30. The quantitative estimate of drug-likeness (QED) is 0.492. The van der Waals surface area contributed by atoms with Gasteiger partial charge >= 0.3 is 0 Å². The van der Waals surface area contributed by atoms with E-state index in [0.29, 0.717) is 18.5 Å². The van der Waals surface area contributed by atoms with Crippen molar-refractivity contribution >= 4 is 28.7 Å². The summed E-state index contributed by atoms with van der Waals surface area (Å²) in [7, 11) is 1.92. The highest BCUT2D eigenvalue weighted by Gasteiger charge is 2.12. The molecule has 1 heterocycles. The van der Waals surface area contributed by atoms with Gasteiger partial charge in [-0.15, -0.1) is 0 Å². The highest BCUT2D eigenvalue weighted by Crippen LogP contribution is 2.20. The molecule has 0 aliphatic carbocycles. The average Bonchev–Trinajstić information content (AvgIpc) is 3.07. The molecule has 0 atom stereocenters. The molecule has 6 nitrogen and oxygen atoms in total. The van der Waals surface area contributed by atoms with E-state index in [4.69, 9.17) is 5.26 Å². The van der Waals surface area contributed by atoms with Crippen molar-refractivity contribution < 1.29 is 4.79 Å². The van der Waals surface area contributed by atoms with E-state index in [1.54, 1.807) is 6.21 Å². The second-order valence-electron chi connectivity index (χ2n) is 6.90. The number of aromatic nitrogens is 1. The molecule has 6 heteroatoms. The van der Waals surface area contributed by atoms with Crippen molar-refractivity contribution in [2.45, 2.75) is 20.3 Å². The largest absolute Gasteiger partial charge is 0.371 e. The van der Waals surface area contributed by atoms with Gasteiger partial charge in [0, 0.05) is 42.9 Å². The van der Waals surface area contributed by atoms with Crippen LogP contribution in [0.5, 0.6) is 0 Å². The number of benzene rings is 2. The summed E-state index contributed by atoms with van der Waals surface area (Å²) in [4.78, 5) is 14.7. The predicted octanol–water partition coefficient (Wildman–Crippen LogP) is 3.99. The van der Waals surface area contributed by atoms with E-state index in [-0.39, 0.29) is 5.91 Å². The number of nitriles is 1. The molecule has 0 saturated carbocycles. The highest BCUT2D eigenvalue weighted by molar-refractivity contribution is 6.07. The van der Waals surface area contributed by atoms with Gasteiger partial charge in [-0.05, 0) is 43.2 Å². The standard InChI is InChI=1S/C23H25N5O/c1-4-28(13-7-12-24)19-11-10-18(17(2)14-19)15-25-26-23(29)21-16-27(3)22-9-6-5-8-20(21)22/h5-6,8-11,14-16H,4,7,13H2,1-3H3,(H,26,29)/b25-15-. The number of para-hydroxylation sites is 1. The van der Waals surface area contributed by atoms with E-state index in [0.717, 1.165) is 34.3 Å². The number of hydrazone groups is 1. The number of anilines is 1. The molecule has 1 aromatic heterocycles. The Morgan fingerprint density at radius 3 is 2.83 bits per heavy atom. The number of hydrogen-bond acceptors (Lipinski definition) is 4. The van der Waals surface area contributed by atoms with E-state index in [2.05, 4.69) is 34.5 Å². The molecule has 0 bridgehead atoms. The summed E-state index contributed by atoms with van der Waals surface area (Å²) in [5.74, 6) is -0.235. The van der Waals surface area contributed by atoms with Crippen LogP contribution in [0.25, 0.3) is 10.9 Å². The van der Waals surface area contributed by atoms with Crippen LogP contribution in [0.2, 0.25) is 0 Å². The number of carbonyl (C=O) groups is 1. The number of aryl methyl sites for hydroxylation is 2. The van der Waals surface area contributed by atoms with Crippen molar-refractivity contribution in [1.82, 2.24) is 9.99 Å². The first-order chi connectivity index (χ1) is 14.0. The number of hydrogen-bond donors (Lipinski definition) is 1. The summed E-state index contributed by atoms with van der Waals surface area (Å²) in [6.45, 7) is 5.64. The van der Waals surface area contributed by atoms with E-state index < -0.39 is 0 Å². The smallest absolute Gasteiger partial charge is 0.273 e. The van der Waals surface area contributed by atoms with Gasteiger partial charge in [-0.2, -0.15) is 10.4 Å². The summed E-state index contributed by atoms with van der Waals surface area (Å²) in [6.07, 6.45) is 3.97. The van der Waals surface area contributed by atoms with Crippen molar-refractivity contribution in [1.29, 1.82) is 5.26 Å². The number of nitrogens with zero attached hydrogens (tertiary/aromatic N) is 4. The lowest BCUT2D eigenvalue weighted by Crippen LogP contribution is -2.23. The van der Waals surface area contributed by atoms with E-state index in [9.17, 15) is 4.79 Å². The lowest BCUT2D eigenvalue weighted by molar-refractivity contribution is 0.0956. The fraction of sp³-hybridized carbons (Fsp3) is 0.261. The van der Waals surface area contributed by atoms with E-state index >= 15 is 0 Å². The molecule has 3 rings (SSSR count). The Hall–Kier alpha value is -3.59. The summed E-state index contributed by atoms with van der Waals surface area (Å²) in [6, 6.07) is 16.1. The van der Waals surface area contributed by atoms with E-state index in [1.807, 2.05) is 61.1 Å². The molecule has 3 aromatic rings. The monoisotopic (exact) mass is 387 g/mol. The molecule has 2 aromatic carbocycles. The Morgan fingerprint density at radius 1 is 1.31 bits per heavy atom. The number of amides is 1. The summed E-state index contributed by atoms with van der Waals surface area (Å²) >= 11 is 0. The summed E-state index contributed by atoms with van der Waals surface area (Å²) < 4.78 is 1.93. The summed E-state index contributed by atoms with van der Waals surface area (Å²) in [5.41, 5.74) is 7.30. The van der Waals surface area contributed by atoms with Crippen LogP contribution in [0.1, 0.15) is 34.8 Å². The lowest BCUT2D eigenvalue weighted by atomic mass is 10.1. The molecule has 0 aliphatic heterocycles. The number of nitrogens with one attached hydrogen (secondary N) is 1. The van der Waals surface area contributed by atoms with Crippen LogP contribution < -0.4 is 10.3 Å². The maximum Gasteiger partial charge on any atom is 0.273 e. The first kappa shape index (κ1) is 20.2. The second kappa shape index (κ2) is 9.07. The second-order valence-corrected chi connectivity index (χ2v) is 6.90. The van der Waals surface area contributed by atoms with Crippen LogP contribution in [-0.4, -0.2) is 29.8 Å². The number of rotatable bonds is 7. The van der Waals surface area contributed by atoms with Gasteiger partial charge in [0.25, 0.3) is 5.91 Å². The molecular formula is C23H25N5O. The Balaban J connectivity index is 1.71. The molecule has 0 aliphatic rings. The van der Waals surface area contributed by atoms with Gasteiger partial charge in [-0.1, -0.05) is 24.3 Å². The molecule has 1 amide bonds. The third-order valence-electron chi connectivity index (χ3n) is 5.01. The summed E-state index contributed by atoms with van der Waals surface area (Å²) in [5, 5.41) is 13.9. The maximum absolute atomic E-state index is 12.6. The molecule has 0 unspecified atom stereocenters. The zero-order valence-electron chi connectivity index (χ0n) is 17.0. The first-order valence-corrected chi connectivity index (χ1v) is 9.65. The minimum absolute atomic E-state index is 0.235. The first-order valence-electron chi connectivity index (χ1n) is 9.65. The van der Waals surface area contributed by atoms with Crippen LogP contribution in [-0.2, 0) is 7.05 Å². The van der Waals surface area contributed by atoms with Gasteiger partial charge in [0.1, 0.15) is 0 Å².